The first-order valence-electron chi connectivity index (χ1n) is 5.53. The van der Waals surface area contributed by atoms with Gasteiger partial charge in [0.15, 0.2) is 0 Å². The van der Waals surface area contributed by atoms with E-state index in [4.69, 9.17) is 0 Å². The van der Waals surface area contributed by atoms with Crippen molar-refractivity contribution in [1.82, 2.24) is 14.5 Å². The van der Waals surface area contributed by atoms with Gasteiger partial charge in [-0.3, -0.25) is 4.57 Å². The number of rotatable bonds is 5. The van der Waals surface area contributed by atoms with Crippen LogP contribution in [0.15, 0.2) is 0 Å². The first-order chi connectivity index (χ1) is 6.37. The molecule has 0 unspecified atom stereocenters. The predicted octanol–water partition coefficient (Wildman–Crippen LogP) is 1.50. The second-order valence-corrected chi connectivity index (χ2v) is 8.60. The molecule has 4 heteroatoms. The minimum absolute atomic E-state index is 0.225. The molecule has 0 aliphatic carbocycles. The fraction of sp³-hybridized carbons (Fsp3) is 1.00. The molecule has 0 saturated heterocycles. The van der Waals surface area contributed by atoms with Gasteiger partial charge in [-0.15, -0.1) is 0 Å². The van der Waals surface area contributed by atoms with Gasteiger partial charge in [-0.1, -0.05) is 13.8 Å². The second-order valence-electron chi connectivity index (χ2n) is 4.63. The van der Waals surface area contributed by atoms with Crippen molar-refractivity contribution in [2.45, 2.75) is 46.2 Å². The zero-order valence-electron chi connectivity index (χ0n) is 10.9. The van der Waals surface area contributed by atoms with Crippen LogP contribution in [0, 0.1) is 0 Å². The van der Waals surface area contributed by atoms with E-state index in [2.05, 4.69) is 63.2 Å². The average molecular weight is 217 g/mol. The first kappa shape index (κ1) is 14.1. The molecule has 0 saturated carbocycles. The summed E-state index contributed by atoms with van der Waals surface area (Å²) in [5.41, 5.74) is 0.225. The Morgan fingerprint density at radius 2 is 1.50 bits per heavy atom. The second kappa shape index (κ2) is 5.26. The quantitative estimate of drug-likeness (QED) is 0.684. The molecule has 0 spiro atoms. The summed E-state index contributed by atoms with van der Waals surface area (Å²) in [5.74, 6) is 0. The summed E-state index contributed by atoms with van der Waals surface area (Å²) >= 11 is 0. The van der Waals surface area contributed by atoms with E-state index in [1.54, 1.807) is 0 Å². The number of hydrogen-bond donors (Lipinski definition) is 2. The van der Waals surface area contributed by atoms with E-state index >= 15 is 0 Å². The monoisotopic (exact) mass is 217 g/mol. The fourth-order valence-corrected chi connectivity index (χ4v) is 5.82. The molecule has 86 valence electrons. The van der Waals surface area contributed by atoms with Crippen LogP contribution in [0.1, 0.15) is 34.6 Å². The van der Waals surface area contributed by atoms with Crippen LogP contribution in [0.2, 0.25) is 6.04 Å². The standard InChI is InChI=1S/C10H27N3Si/c1-8-13(10(3,4)5)14(9-2,11-6)12-7/h11-12H,8-9H2,1-7H3. The zero-order valence-corrected chi connectivity index (χ0v) is 11.9. The summed E-state index contributed by atoms with van der Waals surface area (Å²) in [6, 6.07) is 1.17. The van der Waals surface area contributed by atoms with E-state index in [0.29, 0.717) is 0 Å². The van der Waals surface area contributed by atoms with E-state index in [0.717, 1.165) is 6.54 Å². The van der Waals surface area contributed by atoms with Crippen LogP contribution in [-0.2, 0) is 0 Å². The third kappa shape index (κ3) is 2.79. The van der Waals surface area contributed by atoms with Crippen LogP contribution in [0.3, 0.4) is 0 Å². The van der Waals surface area contributed by atoms with Crippen LogP contribution >= 0.6 is 0 Å². The molecule has 0 atom stereocenters. The highest BCUT2D eigenvalue weighted by atomic mass is 28.4. The maximum absolute atomic E-state index is 3.53. The lowest BCUT2D eigenvalue weighted by molar-refractivity contribution is 0.237. The lowest BCUT2D eigenvalue weighted by atomic mass is 10.1. The Labute approximate surface area is 90.5 Å². The number of hydrogen-bond acceptors (Lipinski definition) is 3. The molecular formula is C10H27N3Si. The predicted molar refractivity (Wildman–Crippen MR) is 66.5 cm³/mol. The number of nitrogens with zero attached hydrogens (tertiary/aromatic N) is 1. The molecule has 0 aromatic carbocycles. The Hall–Kier alpha value is 0.0969. The van der Waals surface area contributed by atoms with Crippen molar-refractivity contribution in [3.63, 3.8) is 0 Å². The van der Waals surface area contributed by atoms with Gasteiger partial charge in [0.2, 0.25) is 0 Å². The van der Waals surface area contributed by atoms with Gasteiger partial charge in [0.05, 0.1) is 0 Å². The third-order valence-electron chi connectivity index (χ3n) is 2.93. The van der Waals surface area contributed by atoms with Gasteiger partial charge in [0.1, 0.15) is 0 Å². The van der Waals surface area contributed by atoms with E-state index < -0.39 is 8.56 Å². The Morgan fingerprint density at radius 1 is 1.07 bits per heavy atom. The maximum atomic E-state index is 3.53. The van der Waals surface area contributed by atoms with Crippen LogP contribution in [0.5, 0.6) is 0 Å². The highest BCUT2D eigenvalue weighted by molar-refractivity contribution is 6.72. The van der Waals surface area contributed by atoms with Crippen molar-refractivity contribution in [2.24, 2.45) is 0 Å². The molecule has 0 aromatic rings. The summed E-state index contributed by atoms with van der Waals surface area (Å²) in [6.07, 6.45) is 0. The van der Waals surface area contributed by atoms with Gasteiger partial charge in [0, 0.05) is 5.54 Å². The largest absolute Gasteiger partial charge is 0.316 e. The van der Waals surface area contributed by atoms with Crippen LogP contribution in [0.25, 0.3) is 0 Å². The molecule has 0 rings (SSSR count). The summed E-state index contributed by atoms with van der Waals surface area (Å²) in [5, 5.41) is 0. The Bertz CT molecular complexity index is 153. The van der Waals surface area contributed by atoms with Crippen LogP contribution < -0.4 is 9.96 Å². The highest BCUT2D eigenvalue weighted by Crippen LogP contribution is 2.20. The van der Waals surface area contributed by atoms with Gasteiger partial charge in [-0.05, 0) is 47.5 Å². The smallest absolute Gasteiger partial charge is 0.283 e. The van der Waals surface area contributed by atoms with Crippen molar-refractivity contribution in [2.75, 3.05) is 20.6 Å². The third-order valence-corrected chi connectivity index (χ3v) is 7.51. The molecule has 0 aliphatic heterocycles. The molecule has 0 aromatic heterocycles. The number of nitrogens with one attached hydrogen (secondary N) is 2. The van der Waals surface area contributed by atoms with Crippen LogP contribution in [-0.4, -0.2) is 39.3 Å². The molecular weight excluding hydrogens is 190 g/mol. The Kier molecular flexibility index (Phi) is 5.29. The average Bonchev–Trinajstić information content (AvgIpc) is 2.12. The molecule has 0 bridgehead atoms. The molecule has 3 nitrogen and oxygen atoms in total. The van der Waals surface area contributed by atoms with Crippen molar-refractivity contribution < 1.29 is 0 Å². The Morgan fingerprint density at radius 3 is 1.57 bits per heavy atom. The van der Waals surface area contributed by atoms with Gasteiger partial charge in [-0.2, -0.15) is 0 Å². The SMILES string of the molecule is CCN(C(C)(C)C)[Si](CC)(NC)NC. The summed E-state index contributed by atoms with van der Waals surface area (Å²) in [4.78, 5) is 7.05. The van der Waals surface area contributed by atoms with Gasteiger partial charge >= 0.3 is 0 Å². The summed E-state index contributed by atoms with van der Waals surface area (Å²) in [7, 11) is 2.49. The normalized spacial score (nSPS) is 13.7. The van der Waals surface area contributed by atoms with Crippen molar-refractivity contribution >= 4 is 8.56 Å². The van der Waals surface area contributed by atoms with Gasteiger partial charge in [0.25, 0.3) is 8.56 Å². The topological polar surface area (TPSA) is 27.3 Å². The molecule has 0 aliphatic rings. The minimum atomic E-state index is -1.65. The van der Waals surface area contributed by atoms with E-state index in [1.807, 2.05) is 0 Å². The lowest BCUT2D eigenvalue weighted by Gasteiger charge is -2.47. The Balaban J connectivity index is 4.94. The fourth-order valence-electron chi connectivity index (χ4n) is 2.26. The van der Waals surface area contributed by atoms with E-state index in [9.17, 15) is 0 Å². The van der Waals surface area contributed by atoms with Crippen molar-refractivity contribution in [1.29, 1.82) is 0 Å². The van der Waals surface area contributed by atoms with E-state index in [-0.39, 0.29) is 5.54 Å². The molecule has 0 amide bonds. The van der Waals surface area contributed by atoms with E-state index in [1.165, 1.54) is 6.04 Å². The van der Waals surface area contributed by atoms with Gasteiger partial charge in [-0.25, -0.2) is 0 Å². The van der Waals surface area contributed by atoms with Gasteiger partial charge < -0.3 is 9.96 Å². The zero-order chi connectivity index (χ0) is 11.4. The molecule has 0 fully saturated rings. The van der Waals surface area contributed by atoms with Crippen LogP contribution in [0.4, 0.5) is 0 Å². The first-order valence-corrected chi connectivity index (χ1v) is 7.69. The molecule has 2 N–H and O–H groups in total. The maximum Gasteiger partial charge on any atom is 0.283 e. The van der Waals surface area contributed by atoms with Crippen molar-refractivity contribution in [3.8, 4) is 0 Å². The summed E-state index contributed by atoms with van der Waals surface area (Å²) in [6.45, 7) is 12.4. The molecule has 0 radical (unpaired) electrons. The lowest BCUT2D eigenvalue weighted by Crippen LogP contribution is -2.74. The highest BCUT2D eigenvalue weighted by Gasteiger charge is 2.41. The molecule has 14 heavy (non-hydrogen) atoms. The summed E-state index contributed by atoms with van der Waals surface area (Å²) < 4.78 is 2.58. The van der Waals surface area contributed by atoms with Crippen molar-refractivity contribution in [3.05, 3.63) is 0 Å². The minimum Gasteiger partial charge on any atom is -0.316 e. The molecule has 0 heterocycles.